The summed E-state index contributed by atoms with van der Waals surface area (Å²) in [6, 6.07) is 1.46. The van der Waals surface area contributed by atoms with E-state index < -0.39 is 6.10 Å². The van der Waals surface area contributed by atoms with Crippen molar-refractivity contribution in [3.05, 3.63) is 16.7 Å². The smallest absolute Gasteiger partial charge is 0.255 e. The second-order valence-electron chi connectivity index (χ2n) is 6.86. The lowest BCUT2D eigenvalue weighted by Gasteiger charge is -2.36. The number of benzene rings is 1. The van der Waals surface area contributed by atoms with Crippen LogP contribution < -0.4 is 20.5 Å². The zero-order chi connectivity index (χ0) is 20.7. The highest BCUT2D eigenvalue weighted by atomic mass is 35.5. The molecule has 158 valence electrons. The summed E-state index contributed by atoms with van der Waals surface area (Å²) in [7, 11) is 4.55. The molecule has 8 nitrogen and oxygen atoms in total. The molecular formula is C19H30ClN3O5. The summed E-state index contributed by atoms with van der Waals surface area (Å²) in [5, 5.41) is 13.5. The third-order valence-electron chi connectivity index (χ3n) is 5.03. The molecule has 1 aliphatic rings. The fourth-order valence-electron chi connectivity index (χ4n) is 3.44. The Hall–Kier alpha value is -1.74. The van der Waals surface area contributed by atoms with Crippen LogP contribution in [0.15, 0.2) is 6.07 Å². The number of aliphatic hydroxyl groups excluding tert-OH is 1. The van der Waals surface area contributed by atoms with E-state index in [2.05, 4.69) is 10.2 Å². The molecule has 1 aromatic rings. The molecule has 9 heteroatoms. The summed E-state index contributed by atoms with van der Waals surface area (Å²) < 4.78 is 15.6. The molecule has 1 amide bonds. The number of nitrogens with two attached hydrogens (primary N) is 1. The fraction of sp³-hybridized carbons (Fsp3) is 0.632. The Balaban J connectivity index is 1.97. The van der Waals surface area contributed by atoms with Crippen LogP contribution in [0.5, 0.6) is 11.5 Å². The van der Waals surface area contributed by atoms with Gasteiger partial charge in [-0.2, -0.15) is 0 Å². The predicted octanol–water partition coefficient (Wildman–Crippen LogP) is 1.39. The number of carbonyl (C=O) groups is 1. The van der Waals surface area contributed by atoms with Crippen molar-refractivity contribution in [3.8, 4) is 11.5 Å². The number of carbonyl (C=O) groups excluding carboxylic acids is 1. The summed E-state index contributed by atoms with van der Waals surface area (Å²) in [5.74, 6) is 0.0894. The minimum absolute atomic E-state index is 0.0141. The van der Waals surface area contributed by atoms with Gasteiger partial charge in [-0.15, -0.1) is 0 Å². The molecule has 0 aliphatic carbocycles. The Kier molecular flexibility index (Phi) is 8.62. The van der Waals surface area contributed by atoms with Crippen molar-refractivity contribution in [1.29, 1.82) is 0 Å². The number of nitrogens with one attached hydrogen (secondary N) is 1. The van der Waals surface area contributed by atoms with Crippen LogP contribution in [-0.4, -0.2) is 76.1 Å². The van der Waals surface area contributed by atoms with E-state index in [1.54, 1.807) is 7.11 Å². The molecule has 0 spiro atoms. The zero-order valence-electron chi connectivity index (χ0n) is 16.7. The number of likely N-dealkylation sites (tertiary alicyclic amines) is 1. The van der Waals surface area contributed by atoms with Crippen LogP contribution in [0.1, 0.15) is 23.2 Å². The molecule has 0 aromatic heterocycles. The number of methoxy groups -OCH3 is 3. The van der Waals surface area contributed by atoms with Crippen LogP contribution in [-0.2, 0) is 4.74 Å². The van der Waals surface area contributed by atoms with Crippen molar-refractivity contribution in [2.45, 2.75) is 18.9 Å². The molecular weight excluding hydrogens is 386 g/mol. The summed E-state index contributed by atoms with van der Waals surface area (Å²) in [5.41, 5.74) is 6.35. The molecule has 0 saturated carbocycles. The third kappa shape index (κ3) is 5.41. The zero-order valence-corrected chi connectivity index (χ0v) is 17.4. The maximum atomic E-state index is 12.7. The van der Waals surface area contributed by atoms with Gasteiger partial charge in [0, 0.05) is 39.3 Å². The number of amides is 1. The van der Waals surface area contributed by atoms with Gasteiger partial charge < -0.3 is 35.3 Å². The monoisotopic (exact) mass is 415 g/mol. The van der Waals surface area contributed by atoms with Gasteiger partial charge >= 0.3 is 0 Å². The van der Waals surface area contributed by atoms with Gasteiger partial charge in [-0.3, -0.25) is 4.79 Å². The molecule has 1 aliphatic heterocycles. The average Bonchev–Trinajstić information content (AvgIpc) is 2.68. The van der Waals surface area contributed by atoms with Crippen molar-refractivity contribution in [2.24, 2.45) is 5.92 Å². The van der Waals surface area contributed by atoms with Gasteiger partial charge in [0.25, 0.3) is 5.91 Å². The van der Waals surface area contributed by atoms with E-state index >= 15 is 0 Å². The van der Waals surface area contributed by atoms with E-state index in [1.807, 2.05) is 0 Å². The first-order valence-electron chi connectivity index (χ1n) is 9.30. The van der Waals surface area contributed by atoms with E-state index in [0.29, 0.717) is 19.7 Å². The summed E-state index contributed by atoms with van der Waals surface area (Å²) in [6.07, 6.45) is 1.24. The average molecular weight is 416 g/mol. The first-order valence-corrected chi connectivity index (χ1v) is 9.68. The lowest BCUT2D eigenvalue weighted by atomic mass is 9.93. The summed E-state index contributed by atoms with van der Waals surface area (Å²) in [6.45, 7) is 3.44. The fourth-order valence-corrected chi connectivity index (χ4v) is 3.63. The number of halogens is 1. The highest BCUT2D eigenvalue weighted by molar-refractivity contribution is 6.34. The molecule has 2 rings (SSSR count). The first kappa shape index (κ1) is 22.5. The number of nitrogens with zero attached hydrogens (tertiary/aromatic N) is 1. The molecule has 1 saturated heterocycles. The van der Waals surface area contributed by atoms with E-state index in [0.717, 1.165) is 25.9 Å². The van der Waals surface area contributed by atoms with Crippen molar-refractivity contribution in [1.82, 2.24) is 10.2 Å². The van der Waals surface area contributed by atoms with Gasteiger partial charge in [0.05, 0.1) is 36.6 Å². The maximum absolute atomic E-state index is 12.7. The molecule has 2 atom stereocenters. The van der Waals surface area contributed by atoms with Crippen molar-refractivity contribution in [3.63, 3.8) is 0 Å². The van der Waals surface area contributed by atoms with E-state index in [9.17, 15) is 9.90 Å². The lowest BCUT2D eigenvalue weighted by molar-refractivity contribution is 0.0192. The van der Waals surface area contributed by atoms with Gasteiger partial charge in [0.1, 0.15) is 0 Å². The number of aliphatic hydroxyl groups is 1. The number of hydrogen-bond acceptors (Lipinski definition) is 7. The second-order valence-corrected chi connectivity index (χ2v) is 7.27. The van der Waals surface area contributed by atoms with Gasteiger partial charge in [-0.1, -0.05) is 11.6 Å². The standard InChI is InChI=1S/C19H30ClN3O5/c1-26-8-4-6-23-7-5-12(15(24)11-23)10-22-19(25)13-9-14(20)16(21)18(28-3)17(13)27-2/h9,12,15,24H,4-8,10-11,21H2,1-3H3,(H,22,25). The molecule has 2 unspecified atom stereocenters. The third-order valence-corrected chi connectivity index (χ3v) is 5.34. The quantitative estimate of drug-likeness (QED) is 0.413. The highest BCUT2D eigenvalue weighted by Gasteiger charge is 2.28. The number of hydrogen-bond donors (Lipinski definition) is 3. The molecule has 28 heavy (non-hydrogen) atoms. The largest absolute Gasteiger partial charge is 0.492 e. The van der Waals surface area contributed by atoms with E-state index in [4.69, 9.17) is 31.5 Å². The van der Waals surface area contributed by atoms with Crippen molar-refractivity contribution in [2.75, 3.05) is 59.8 Å². The Bertz CT molecular complexity index is 673. The van der Waals surface area contributed by atoms with Crippen LogP contribution in [0.4, 0.5) is 5.69 Å². The molecule has 1 fully saturated rings. The number of ether oxygens (including phenoxy) is 3. The van der Waals surface area contributed by atoms with Crippen LogP contribution >= 0.6 is 11.6 Å². The van der Waals surface area contributed by atoms with Crippen molar-refractivity contribution < 1.29 is 24.1 Å². The molecule has 1 heterocycles. The van der Waals surface area contributed by atoms with Gasteiger partial charge in [0.15, 0.2) is 11.5 Å². The number of nitrogen functional groups attached to an aromatic ring is 1. The van der Waals surface area contributed by atoms with Gasteiger partial charge in [0.2, 0.25) is 0 Å². The molecule has 0 radical (unpaired) electrons. The SMILES string of the molecule is COCCCN1CCC(CNC(=O)c2cc(Cl)c(N)c(OC)c2OC)C(O)C1. The normalized spacial score (nSPS) is 20.0. The van der Waals surface area contributed by atoms with Gasteiger partial charge in [-0.05, 0) is 25.5 Å². The number of anilines is 1. The predicted molar refractivity (Wildman–Crippen MR) is 108 cm³/mol. The minimum Gasteiger partial charge on any atom is -0.492 e. The Morgan fingerprint density at radius 2 is 2.07 bits per heavy atom. The lowest BCUT2D eigenvalue weighted by Crippen LogP contribution is -2.48. The van der Waals surface area contributed by atoms with E-state index in [1.165, 1.54) is 20.3 Å². The van der Waals surface area contributed by atoms with Crippen LogP contribution in [0.25, 0.3) is 0 Å². The number of β-amino-alcohol motifs (C(OH)–C–C–N with tert-alkyl or cyclic N) is 1. The molecule has 0 bridgehead atoms. The number of rotatable bonds is 9. The topological polar surface area (TPSA) is 106 Å². The van der Waals surface area contributed by atoms with E-state index in [-0.39, 0.29) is 39.6 Å². The minimum atomic E-state index is -0.497. The van der Waals surface area contributed by atoms with Gasteiger partial charge in [-0.25, -0.2) is 0 Å². The maximum Gasteiger partial charge on any atom is 0.255 e. The van der Waals surface area contributed by atoms with Crippen LogP contribution in [0, 0.1) is 5.92 Å². The second kappa shape index (κ2) is 10.7. The summed E-state index contributed by atoms with van der Waals surface area (Å²) >= 11 is 6.12. The molecule has 4 N–H and O–H groups in total. The highest BCUT2D eigenvalue weighted by Crippen LogP contribution is 2.41. The van der Waals surface area contributed by atoms with Crippen molar-refractivity contribution >= 4 is 23.2 Å². The van der Waals surface area contributed by atoms with Crippen LogP contribution in [0.3, 0.4) is 0 Å². The Morgan fingerprint density at radius 3 is 2.68 bits per heavy atom. The Morgan fingerprint density at radius 1 is 1.36 bits per heavy atom. The first-order chi connectivity index (χ1) is 13.4. The summed E-state index contributed by atoms with van der Waals surface area (Å²) in [4.78, 5) is 14.9. The Labute approximate surface area is 170 Å². The molecule has 1 aromatic carbocycles. The number of piperidine rings is 1. The van der Waals surface area contributed by atoms with Crippen LogP contribution in [0.2, 0.25) is 5.02 Å².